The number of aromatic nitrogens is 3. The molecule has 8 nitrogen and oxygen atoms in total. The second-order valence-electron chi connectivity index (χ2n) is 11.3. The normalized spacial score (nSPS) is 19.1. The summed E-state index contributed by atoms with van der Waals surface area (Å²) in [7, 11) is 0. The fraction of sp³-hybridized carbons (Fsp3) is 0.387. The van der Waals surface area contributed by atoms with Crippen molar-refractivity contribution in [2.75, 3.05) is 24.6 Å². The van der Waals surface area contributed by atoms with Crippen LogP contribution in [-0.4, -0.2) is 62.0 Å². The molecule has 2 unspecified atom stereocenters. The van der Waals surface area contributed by atoms with E-state index in [0.29, 0.717) is 28.9 Å². The highest BCUT2D eigenvalue weighted by molar-refractivity contribution is 5.85. The molecule has 3 aromatic heterocycles. The highest BCUT2D eigenvalue weighted by Gasteiger charge is 2.44. The maximum Gasteiger partial charge on any atom is 0.138 e. The van der Waals surface area contributed by atoms with Crippen LogP contribution in [0, 0.1) is 11.3 Å². The molecule has 1 aromatic carbocycles. The molecule has 0 radical (unpaired) electrons. The molecule has 0 saturated carbocycles. The second-order valence-corrected chi connectivity index (χ2v) is 11.3. The highest BCUT2D eigenvalue weighted by atomic mass is 16.5. The van der Waals surface area contributed by atoms with Crippen LogP contribution in [-0.2, 0) is 13.0 Å². The number of piperidine rings is 1. The number of pyridine rings is 2. The first-order valence-corrected chi connectivity index (χ1v) is 13.6. The van der Waals surface area contributed by atoms with Gasteiger partial charge in [0.05, 0.1) is 29.1 Å². The van der Waals surface area contributed by atoms with Gasteiger partial charge in [0.25, 0.3) is 0 Å². The van der Waals surface area contributed by atoms with E-state index < -0.39 is 5.60 Å². The monoisotopic (exact) mass is 522 g/mol. The van der Waals surface area contributed by atoms with Gasteiger partial charge >= 0.3 is 0 Å². The van der Waals surface area contributed by atoms with Gasteiger partial charge in [0.1, 0.15) is 24.2 Å². The van der Waals surface area contributed by atoms with Crippen LogP contribution in [0.2, 0.25) is 0 Å². The summed E-state index contributed by atoms with van der Waals surface area (Å²) in [4.78, 5) is 9.85. The largest absolute Gasteiger partial charge is 0.489 e. The van der Waals surface area contributed by atoms with E-state index in [1.807, 2.05) is 12.3 Å². The molecule has 3 aliphatic rings. The summed E-state index contributed by atoms with van der Waals surface area (Å²) >= 11 is 0. The Bertz CT molecular complexity index is 1500. The Balaban J connectivity index is 1.19. The van der Waals surface area contributed by atoms with Crippen molar-refractivity contribution in [3.8, 4) is 22.9 Å². The fourth-order valence-corrected chi connectivity index (χ4v) is 5.69. The van der Waals surface area contributed by atoms with E-state index in [1.54, 1.807) is 30.8 Å². The zero-order chi connectivity index (χ0) is 27.1. The number of fused-ring (bicyclic) bond motifs is 3. The molecule has 2 bridgehead atoms. The van der Waals surface area contributed by atoms with E-state index in [1.165, 1.54) is 17.5 Å². The minimum absolute atomic E-state index is 0.139. The van der Waals surface area contributed by atoms with Gasteiger partial charge in [0.15, 0.2) is 0 Å². The van der Waals surface area contributed by atoms with Gasteiger partial charge in [-0.15, -0.1) is 0 Å². The summed E-state index contributed by atoms with van der Waals surface area (Å²) in [6.45, 7) is 8.68. The van der Waals surface area contributed by atoms with Crippen molar-refractivity contribution < 1.29 is 9.84 Å². The quantitative estimate of drug-likeness (QED) is 0.366. The summed E-state index contributed by atoms with van der Waals surface area (Å²) in [5.74, 6) is 1.54. The van der Waals surface area contributed by atoms with Gasteiger partial charge in [0, 0.05) is 49.0 Å². The molecular weight excluding hydrogens is 488 g/mol. The Hall–Kier alpha value is -3.93. The lowest BCUT2D eigenvalue weighted by Gasteiger charge is -2.56. The Morgan fingerprint density at radius 3 is 2.46 bits per heavy atom. The summed E-state index contributed by atoms with van der Waals surface area (Å²) < 4.78 is 7.51. The molecule has 4 aromatic rings. The minimum Gasteiger partial charge on any atom is -0.489 e. The van der Waals surface area contributed by atoms with E-state index in [9.17, 15) is 10.4 Å². The molecule has 1 N–H and O–H groups in total. The van der Waals surface area contributed by atoms with Crippen molar-refractivity contribution in [3.05, 3.63) is 77.7 Å². The molecular formula is C31H34N6O2. The molecule has 200 valence electrons. The SMILES string of the molecule is CCc1ccc(CN2C3CC2CN(c2ccc(-c4cc(OCC(C)(C)O)cn5ncc(C#N)c45)cn2)C3)cc1. The van der Waals surface area contributed by atoms with Gasteiger partial charge in [-0.1, -0.05) is 31.2 Å². The minimum atomic E-state index is -0.968. The summed E-state index contributed by atoms with van der Waals surface area (Å²) in [5, 5.41) is 24.1. The smallest absolute Gasteiger partial charge is 0.138 e. The summed E-state index contributed by atoms with van der Waals surface area (Å²) in [6.07, 6.45) is 7.48. The van der Waals surface area contributed by atoms with Crippen molar-refractivity contribution in [2.24, 2.45) is 0 Å². The summed E-state index contributed by atoms with van der Waals surface area (Å²) in [6, 6.07) is 18.4. The lowest BCUT2D eigenvalue weighted by molar-refractivity contribution is -0.00868. The Morgan fingerprint density at radius 1 is 1.08 bits per heavy atom. The molecule has 6 heterocycles. The predicted octanol–water partition coefficient (Wildman–Crippen LogP) is 4.44. The fourth-order valence-electron chi connectivity index (χ4n) is 5.69. The van der Waals surface area contributed by atoms with Crippen LogP contribution >= 0.6 is 0 Å². The van der Waals surface area contributed by atoms with E-state index in [0.717, 1.165) is 43.0 Å². The van der Waals surface area contributed by atoms with Crippen LogP contribution in [0.3, 0.4) is 0 Å². The van der Waals surface area contributed by atoms with Gasteiger partial charge in [-0.2, -0.15) is 10.4 Å². The van der Waals surface area contributed by atoms with Crippen LogP contribution in [0.25, 0.3) is 16.6 Å². The molecule has 0 aliphatic carbocycles. The number of ether oxygens (including phenoxy) is 1. The predicted molar refractivity (Wildman–Crippen MR) is 151 cm³/mol. The van der Waals surface area contributed by atoms with Crippen LogP contribution < -0.4 is 9.64 Å². The van der Waals surface area contributed by atoms with E-state index in [2.05, 4.69) is 64.3 Å². The molecule has 3 saturated heterocycles. The molecule has 2 atom stereocenters. The Morgan fingerprint density at radius 2 is 1.82 bits per heavy atom. The lowest BCUT2D eigenvalue weighted by atomic mass is 9.86. The topological polar surface area (TPSA) is 89.9 Å². The lowest BCUT2D eigenvalue weighted by Crippen LogP contribution is -2.68. The van der Waals surface area contributed by atoms with E-state index >= 15 is 0 Å². The molecule has 0 spiro atoms. The number of hydrogen-bond donors (Lipinski definition) is 1. The first-order valence-electron chi connectivity index (χ1n) is 13.6. The Labute approximate surface area is 229 Å². The van der Waals surface area contributed by atoms with Crippen molar-refractivity contribution >= 4 is 11.3 Å². The number of nitrogens with zero attached hydrogens (tertiary/aromatic N) is 6. The van der Waals surface area contributed by atoms with Gasteiger partial charge in [-0.3, -0.25) is 4.90 Å². The third-order valence-electron chi connectivity index (χ3n) is 7.82. The Kier molecular flexibility index (Phi) is 6.49. The third-order valence-corrected chi connectivity index (χ3v) is 7.82. The third kappa shape index (κ3) is 5.08. The van der Waals surface area contributed by atoms with Crippen molar-refractivity contribution in [2.45, 2.75) is 57.8 Å². The van der Waals surface area contributed by atoms with Crippen LogP contribution in [0.5, 0.6) is 5.75 Å². The number of rotatable bonds is 8. The maximum atomic E-state index is 10.1. The molecule has 3 fully saturated rings. The first kappa shape index (κ1) is 25.4. The second kappa shape index (κ2) is 9.99. The van der Waals surface area contributed by atoms with Crippen LogP contribution in [0.1, 0.15) is 43.9 Å². The summed E-state index contributed by atoms with van der Waals surface area (Å²) in [5.41, 5.74) is 4.70. The standard InChI is InChI=1S/C31H34N6O2/c1-4-21-5-7-22(8-6-21)16-36-25-11-26(36)18-35(17-25)29-10-9-23(14-33-29)28-12-27(39-20-31(2,3)38)19-37-30(28)24(13-32)15-34-37/h5-10,12,14-15,19,25-26,38H,4,11,16-18,20H2,1-3H3. The molecule has 7 rings (SSSR count). The van der Waals surface area contributed by atoms with Crippen molar-refractivity contribution in [1.29, 1.82) is 5.26 Å². The average Bonchev–Trinajstić information content (AvgIpc) is 3.37. The maximum absolute atomic E-state index is 10.1. The molecule has 39 heavy (non-hydrogen) atoms. The van der Waals surface area contributed by atoms with Crippen LogP contribution in [0.15, 0.2) is 61.1 Å². The average molecular weight is 523 g/mol. The number of benzene rings is 1. The number of hydrogen-bond acceptors (Lipinski definition) is 7. The highest BCUT2D eigenvalue weighted by Crippen LogP contribution is 2.36. The number of anilines is 1. The van der Waals surface area contributed by atoms with Gasteiger partial charge < -0.3 is 14.7 Å². The van der Waals surface area contributed by atoms with Crippen LogP contribution in [0.4, 0.5) is 5.82 Å². The number of piperazine rings is 1. The van der Waals surface area contributed by atoms with Gasteiger partial charge in [0.2, 0.25) is 0 Å². The first-order chi connectivity index (χ1) is 18.8. The molecule has 8 heteroatoms. The number of aryl methyl sites for hydroxylation is 1. The van der Waals surface area contributed by atoms with E-state index in [4.69, 9.17) is 9.72 Å². The molecule has 3 aliphatic heterocycles. The van der Waals surface area contributed by atoms with E-state index in [-0.39, 0.29) is 6.61 Å². The van der Waals surface area contributed by atoms with Crippen molar-refractivity contribution in [3.63, 3.8) is 0 Å². The zero-order valence-corrected chi connectivity index (χ0v) is 22.7. The number of aliphatic hydroxyl groups is 1. The van der Waals surface area contributed by atoms with Crippen molar-refractivity contribution in [1.82, 2.24) is 19.5 Å². The van der Waals surface area contributed by atoms with Gasteiger partial charge in [-0.05, 0) is 56.0 Å². The zero-order valence-electron chi connectivity index (χ0n) is 22.7. The van der Waals surface area contributed by atoms with Gasteiger partial charge in [-0.25, -0.2) is 9.50 Å². The molecule has 0 amide bonds. The number of nitriles is 1.